The molecule has 0 unspecified atom stereocenters. The molecular weight excluding hydrogens is 178 g/mol. The summed E-state index contributed by atoms with van der Waals surface area (Å²) < 4.78 is 0. The minimum Gasteiger partial charge on any atom is -0.258 e. The summed E-state index contributed by atoms with van der Waals surface area (Å²) in [7, 11) is 0. The fourth-order valence-electron chi connectivity index (χ4n) is 1.38. The summed E-state index contributed by atoms with van der Waals surface area (Å²) in [5.41, 5.74) is 1.08. The van der Waals surface area contributed by atoms with Crippen LogP contribution >= 0.6 is 0 Å². The molecule has 1 rings (SSSR count). The smallest absolute Gasteiger partial charge is 0.258 e. The van der Waals surface area contributed by atoms with Gasteiger partial charge in [-0.1, -0.05) is 38.5 Å². The summed E-state index contributed by atoms with van der Waals surface area (Å²) in [6.07, 6.45) is 1.83. The Hall–Kier alpha value is -1.38. The van der Waals surface area contributed by atoms with E-state index in [-0.39, 0.29) is 10.6 Å². The Balaban J connectivity index is 2.90. The molecule has 0 aliphatic carbocycles. The first-order chi connectivity index (χ1) is 6.65. The highest BCUT2D eigenvalue weighted by Crippen LogP contribution is 2.21. The zero-order chi connectivity index (χ0) is 10.6. The maximum atomic E-state index is 10.7. The van der Waals surface area contributed by atoms with Crippen molar-refractivity contribution in [2.75, 3.05) is 0 Å². The van der Waals surface area contributed by atoms with Crippen molar-refractivity contribution in [3.05, 3.63) is 39.9 Å². The fraction of sp³-hybridized carbons (Fsp3) is 0.455. The fourth-order valence-corrected chi connectivity index (χ4v) is 1.38. The Morgan fingerprint density at radius 2 is 2.07 bits per heavy atom. The molecule has 1 aromatic carbocycles. The number of benzene rings is 1. The van der Waals surface area contributed by atoms with Gasteiger partial charge in [-0.2, -0.15) is 0 Å². The van der Waals surface area contributed by atoms with Gasteiger partial charge in [-0.15, -0.1) is 0 Å². The first-order valence-electron chi connectivity index (χ1n) is 4.87. The van der Waals surface area contributed by atoms with Gasteiger partial charge in [-0.05, 0) is 12.3 Å². The Kier molecular flexibility index (Phi) is 3.63. The Labute approximate surface area is 83.9 Å². The number of nitrogens with zero attached hydrogens (tertiary/aromatic N) is 1. The van der Waals surface area contributed by atoms with E-state index in [1.165, 1.54) is 0 Å². The number of nitro groups is 1. The van der Waals surface area contributed by atoms with E-state index in [0.717, 1.165) is 18.4 Å². The molecule has 0 radical (unpaired) electrons. The highest BCUT2D eigenvalue weighted by atomic mass is 16.6. The molecular formula is C11H15NO2. The summed E-state index contributed by atoms with van der Waals surface area (Å²) in [5.74, 6) is 0.496. The van der Waals surface area contributed by atoms with E-state index >= 15 is 0 Å². The second-order valence-corrected chi connectivity index (χ2v) is 3.60. The van der Waals surface area contributed by atoms with Crippen LogP contribution in [0.25, 0.3) is 0 Å². The average molecular weight is 193 g/mol. The normalized spacial score (nSPS) is 12.4. The van der Waals surface area contributed by atoms with Gasteiger partial charge in [0, 0.05) is 11.6 Å². The van der Waals surface area contributed by atoms with Crippen molar-refractivity contribution in [3.8, 4) is 0 Å². The van der Waals surface area contributed by atoms with Crippen molar-refractivity contribution in [1.82, 2.24) is 0 Å². The molecule has 0 heterocycles. The SMILES string of the molecule is CC[C@@H](C)Cc1ccccc1[N+](=O)[O-]. The quantitative estimate of drug-likeness (QED) is 0.544. The van der Waals surface area contributed by atoms with E-state index in [1.807, 2.05) is 12.1 Å². The third-order valence-corrected chi connectivity index (χ3v) is 2.45. The van der Waals surface area contributed by atoms with E-state index in [1.54, 1.807) is 12.1 Å². The van der Waals surface area contributed by atoms with Gasteiger partial charge in [0.2, 0.25) is 0 Å². The average Bonchev–Trinajstić information content (AvgIpc) is 2.18. The zero-order valence-electron chi connectivity index (χ0n) is 8.56. The van der Waals surface area contributed by atoms with Crippen LogP contribution in [0.2, 0.25) is 0 Å². The molecule has 14 heavy (non-hydrogen) atoms. The second-order valence-electron chi connectivity index (χ2n) is 3.60. The van der Waals surface area contributed by atoms with Gasteiger partial charge in [-0.3, -0.25) is 10.1 Å². The van der Waals surface area contributed by atoms with Crippen LogP contribution in [-0.2, 0) is 6.42 Å². The summed E-state index contributed by atoms with van der Waals surface area (Å²) in [6.45, 7) is 4.20. The minimum absolute atomic E-state index is 0.243. The van der Waals surface area contributed by atoms with Gasteiger partial charge in [0.05, 0.1) is 4.92 Å². The van der Waals surface area contributed by atoms with Crippen molar-refractivity contribution in [2.24, 2.45) is 5.92 Å². The molecule has 0 saturated carbocycles. The van der Waals surface area contributed by atoms with Crippen LogP contribution in [0.4, 0.5) is 5.69 Å². The standard InChI is InChI=1S/C11H15NO2/c1-3-9(2)8-10-6-4-5-7-11(10)12(13)14/h4-7,9H,3,8H2,1-2H3/t9-/m1/s1. The van der Waals surface area contributed by atoms with E-state index in [9.17, 15) is 10.1 Å². The van der Waals surface area contributed by atoms with Gasteiger partial charge in [0.25, 0.3) is 5.69 Å². The lowest BCUT2D eigenvalue weighted by Crippen LogP contribution is -2.01. The molecule has 3 nitrogen and oxygen atoms in total. The topological polar surface area (TPSA) is 43.1 Å². The van der Waals surface area contributed by atoms with Gasteiger partial charge in [0.15, 0.2) is 0 Å². The van der Waals surface area contributed by atoms with Crippen LogP contribution < -0.4 is 0 Å². The van der Waals surface area contributed by atoms with E-state index in [2.05, 4.69) is 13.8 Å². The van der Waals surface area contributed by atoms with Gasteiger partial charge in [-0.25, -0.2) is 0 Å². The predicted octanol–water partition coefficient (Wildman–Crippen LogP) is 3.18. The van der Waals surface area contributed by atoms with E-state index < -0.39 is 0 Å². The maximum Gasteiger partial charge on any atom is 0.272 e. The molecule has 0 aliphatic heterocycles. The van der Waals surface area contributed by atoms with Crippen LogP contribution in [0.5, 0.6) is 0 Å². The lowest BCUT2D eigenvalue weighted by molar-refractivity contribution is -0.385. The minimum atomic E-state index is -0.308. The number of para-hydroxylation sites is 1. The first-order valence-corrected chi connectivity index (χ1v) is 4.87. The zero-order valence-corrected chi connectivity index (χ0v) is 8.56. The van der Waals surface area contributed by atoms with Crippen LogP contribution in [-0.4, -0.2) is 4.92 Å². The highest BCUT2D eigenvalue weighted by molar-refractivity contribution is 5.39. The summed E-state index contributed by atoms with van der Waals surface area (Å²) in [4.78, 5) is 10.4. The monoisotopic (exact) mass is 193 g/mol. The van der Waals surface area contributed by atoms with Crippen LogP contribution in [0, 0.1) is 16.0 Å². The van der Waals surface area contributed by atoms with Crippen molar-refractivity contribution in [2.45, 2.75) is 26.7 Å². The molecule has 0 N–H and O–H groups in total. The number of hydrogen-bond donors (Lipinski definition) is 0. The maximum absolute atomic E-state index is 10.7. The Morgan fingerprint density at radius 1 is 1.43 bits per heavy atom. The largest absolute Gasteiger partial charge is 0.272 e. The van der Waals surface area contributed by atoms with Crippen molar-refractivity contribution >= 4 is 5.69 Å². The lowest BCUT2D eigenvalue weighted by atomic mass is 9.98. The Morgan fingerprint density at radius 3 is 2.64 bits per heavy atom. The number of rotatable bonds is 4. The summed E-state index contributed by atoms with van der Waals surface area (Å²) in [6, 6.07) is 6.96. The number of hydrogen-bond acceptors (Lipinski definition) is 2. The van der Waals surface area contributed by atoms with Crippen LogP contribution in [0.1, 0.15) is 25.8 Å². The molecule has 0 spiro atoms. The molecule has 0 fully saturated rings. The molecule has 0 saturated heterocycles. The summed E-state index contributed by atoms with van der Waals surface area (Å²) in [5, 5.41) is 10.7. The van der Waals surface area contributed by atoms with Crippen LogP contribution in [0.3, 0.4) is 0 Å². The molecule has 1 aromatic rings. The molecule has 76 valence electrons. The molecule has 0 aliphatic rings. The molecule has 0 bridgehead atoms. The van der Waals surface area contributed by atoms with Crippen molar-refractivity contribution in [3.63, 3.8) is 0 Å². The molecule has 0 aromatic heterocycles. The van der Waals surface area contributed by atoms with Crippen LogP contribution in [0.15, 0.2) is 24.3 Å². The number of nitro benzene ring substituents is 1. The van der Waals surface area contributed by atoms with Gasteiger partial charge < -0.3 is 0 Å². The molecule has 0 amide bonds. The third kappa shape index (κ3) is 2.55. The first kappa shape index (κ1) is 10.7. The van der Waals surface area contributed by atoms with Gasteiger partial charge in [0.1, 0.15) is 0 Å². The lowest BCUT2D eigenvalue weighted by Gasteiger charge is -2.08. The predicted molar refractivity (Wildman–Crippen MR) is 56.3 cm³/mol. The Bertz CT molecular complexity index is 323. The summed E-state index contributed by atoms with van der Waals surface area (Å²) >= 11 is 0. The van der Waals surface area contributed by atoms with E-state index in [4.69, 9.17) is 0 Å². The van der Waals surface area contributed by atoms with E-state index in [0.29, 0.717) is 5.92 Å². The molecule has 3 heteroatoms. The van der Waals surface area contributed by atoms with Gasteiger partial charge >= 0.3 is 0 Å². The molecule has 1 atom stereocenters. The van der Waals surface area contributed by atoms with Crippen molar-refractivity contribution in [1.29, 1.82) is 0 Å². The second kappa shape index (κ2) is 4.74. The highest BCUT2D eigenvalue weighted by Gasteiger charge is 2.13. The third-order valence-electron chi connectivity index (χ3n) is 2.45. The van der Waals surface area contributed by atoms with Crippen molar-refractivity contribution < 1.29 is 4.92 Å².